The van der Waals surface area contributed by atoms with Crippen LogP contribution >= 0.6 is 0 Å². The maximum absolute atomic E-state index is 14.0. The Morgan fingerprint density at radius 1 is 1.10 bits per heavy atom. The number of ether oxygens (including phenoxy) is 1. The van der Waals surface area contributed by atoms with Crippen LogP contribution in [0.1, 0.15) is 68.8 Å². The molecule has 0 spiro atoms. The highest BCUT2D eigenvalue weighted by atomic mass is 16.5. The van der Waals surface area contributed by atoms with Gasteiger partial charge in [-0.1, -0.05) is 61.9 Å². The summed E-state index contributed by atoms with van der Waals surface area (Å²) in [6, 6.07) is 16.3. The molecule has 0 radical (unpaired) electrons. The van der Waals surface area contributed by atoms with Crippen molar-refractivity contribution in [3.8, 4) is 22.5 Å². The molecule has 9 heteroatoms. The van der Waals surface area contributed by atoms with Gasteiger partial charge in [0.2, 0.25) is 0 Å². The number of aromatic amines is 1. The smallest absolute Gasteiger partial charge is 0.314 e. The number of rotatable bonds is 9. The molecule has 202 valence electrons. The molecule has 6 rings (SSSR count). The fourth-order valence-corrected chi connectivity index (χ4v) is 6.27. The molecule has 1 fully saturated rings. The van der Waals surface area contributed by atoms with Crippen LogP contribution in [0.3, 0.4) is 0 Å². The summed E-state index contributed by atoms with van der Waals surface area (Å²) in [5.74, 6) is 0.476. The molecule has 1 aliphatic carbocycles. The predicted molar refractivity (Wildman–Crippen MR) is 147 cm³/mol. The van der Waals surface area contributed by atoms with Crippen LogP contribution in [0.4, 0.5) is 0 Å². The van der Waals surface area contributed by atoms with Crippen molar-refractivity contribution in [3.05, 3.63) is 75.7 Å². The maximum atomic E-state index is 14.0. The molecule has 4 aromatic rings. The van der Waals surface area contributed by atoms with Crippen LogP contribution < -0.4 is 5.56 Å². The standard InChI is InChI=1S/C30H34N6O3/c1-3-8-25-24(28(37)36-26(11-7-18-35(25)36)30(16-17-30)29(38)39-4-2)19-20-12-14-21(15-13-20)22-9-5-6-10-23(22)27-31-33-34-32-27/h5-6,9-10,12-15,26H,3-4,7-8,11,16-19H2,1-2H3,(H,31,32,33,34). The molecule has 0 amide bonds. The molecule has 1 unspecified atom stereocenters. The van der Waals surface area contributed by atoms with Crippen molar-refractivity contribution in [2.75, 3.05) is 6.61 Å². The van der Waals surface area contributed by atoms with Crippen molar-refractivity contribution in [2.24, 2.45) is 5.41 Å². The molecule has 2 aromatic carbocycles. The van der Waals surface area contributed by atoms with Crippen molar-refractivity contribution < 1.29 is 9.53 Å². The highest BCUT2D eigenvalue weighted by molar-refractivity contribution is 5.81. The molecule has 2 aliphatic rings. The van der Waals surface area contributed by atoms with E-state index in [1.54, 1.807) is 0 Å². The number of carbonyl (C=O) groups is 1. The summed E-state index contributed by atoms with van der Waals surface area (Å²) < 4.78 is 9.57. The molecule has 39 heavy (non-hydrogen) atoms. The SMILES string of the molecule is CCCc1c(Cc2ccc(-c3ccccc3-c3nnn[nH]3)cc2)c(=O)n2n1CCCC2C1(C(=O)OCC)CC1. The van der Waals surface area contributed by atoms with E-state index in [-0.39, 0.29) is 17.6 Å². The zero-order valence-electron chi connectivity index (χ0n) is 22.5. The third-order valence-corrected chi connectivity index (χ3v) is 8.30. The third kappa shape index (κ3) is 4.39. The first-order chi connectivity index (χ1) is 19.1. The largest absolute Gasteiger partial charge is 0.466 e. The number of carbonyl (C=O) groups excluding carboxylic acids is 1. The van der Waals surface area contributed by atoms with Gasteiger partial charge in [0.25, 0.3) is 5.56 Å². The molecule has 2 aromatic heterocycles. The Morgan fingerprint density at radius 2 is 1.87 bits per heavy atom. The minimum atomic E-state index is -0.550. The van der Waals surface area contributed by atoms with Gasteiger partial charge < -0.3 is 4.74 Å². The van der Waals surface area contributed by atoms with Gasteiger partial charge in [-0.25, -0.2) is 9.78 Å². The lowest BCUT2D eigenvalue weighted by Gasteiger charge is -2.33. The quantitative estimate of drug-likeness (QED) is 0.316. The van der Waals surface area contributed by atoms with Crippen LogP contribution in [0.5, 0.6) is 0 Å². The van der Waals surface area contributed by atoms with Gasteiger partial charge in [0.1, 0.15) is 0 Å². The molecule has 1 N–H and O–H groups in total. The monoisotopic (exact) mass is 526 g/mol. The summed E-state index contributed by atoms with van der Waals surface area (Å²) in [6.45, 7) is 5.17. The van der Waals surface area contributed by atoms with Crippen LogP contribution in [0.2, 0.25) is 0 Å². The van der Waals surface area contributed by atoms with E-state index in [0.29, 0.717) is 18.9 Å². The zero-order chi connectivity index (χ0) is 27.0. The number of H-pyrrole nitrogens is 1. The summed E-state index contributed by atoms with van der Waals surface area (Å²) in [7, 11) is 0. The van der Waals surface area contributed by atoms with E-state index in [9.17, 15) is 9.59 Å². The highest BCUT2D eigenvalue weighted by Crippen LogP contribution is 2.57. The second-order valence-corrected chi connectivity index (χ2v) is 10.7. The Hall–Kier alpha value is -4.01. The number of fused-ring (bicyclic) bond motifs is 1. The van der Waals surface area contributed by atoms with E-state index in [4.69, 9.17) is 4.74 Å². The number of hydrogen-bond acceptors (Lipinski definition) is 6. The van der Waals surface area contributed by atoms with Gasteiger partial charge >= 0.3 is 5.97 Å². The second kappa shape index (κ2) is 10.3. The minimum Gasteiger partial charge on any atom is -0.466 e. The fraction of sp³-hybridized carbons (Fsp3) is 0.433. The summed E-state index contributed by atoms with van der Waals surface area (Å²) in [6.07, 6.45) is 5.74. The molecular weight excluding hydrogens is 492 g/mol. The van der Waals surface area contributed by atoms with Crippen LogP contribution in [0.25, 0.3) is 22.5 Å². The first-order valence-electron chi connectivity index (χ1n) is 14.0. The summed E-state index contributed by atoms with van der Waals surface area (Å²) in [5, 5.41) is 14.4. The number of tetrazole rings is 1. The van der Waals surface area contributed by atoms with E-state index in [0.717, 1.165) is 78.6 Å². The van der Waals surface area contributed by atoms with Gasteiger partial charge in [0.05, 0.1) is 18.1 Å². The van der Waals surface area contributed by atoms with Crippen LogP contribution in [-0.4, -0.2) is 42.6 Å². The summed E-state index contributed by atoms with van der Waals surface area (Å²) in [5.41, 5.74) is 5.56. The molecule has 0 bridgehead atoms. The Bertz CT molecular complexity index is 1530. The van der Waals surface area contributed by atoms with E-state index < -0.39 is 5.41 Å². The Kier molecular flexibility index (Phi) is 6.66. The lowest BCUT2D eigenvalue weighted by atomic mass is 9.91. The van der Waals surface area contributed by atoms with Gasteiger partial charge in [-0.05, 0) is 66.1 Å². The Balaban J connectivity index is 1.33. The highest BCUT2D eigenvalue weighted by Gasteiger charge is 2.59. The lowest BCUT2D eigenvalue weighted by Crippen LogP contribution is -2.40. The van der Waals surface area contributed by atoms with Crippen molar-refractivity contribution >= 4 is 5.97 Å². The molecule has 1 atom stereocenters. The fourth-order valence-electron chi connectivity index (χ4n) is 6.27. The van der Waals surface area contributed by atoms with Crippen LogP contribution in [-0.2, 0) is 28.9 Å². The van der Waals surface area contributed by atoms with Crippen molar-refractivity contribution in [2.45, 2.75) is 71.4 Å². The van der Waals surface area contributed by atoms with E-state index in [1.165, 1.54) is 0 Å². The van der Waals surface area contributed by atoms with Gasteiger partial charge in [-0.15, -0.1) is 5.10 Å². The Labute approximate surface area is 227 Å². The average molecular weight is 527 g/mol. The maximum Gasteiger partial charge on any atom is 0.314 e. The third-order valence-electron chi connectivity index (χ3n) is 8.30. The molecule has 1 saturated carbocycles. The number of nitrogens with one attached hydrogen (secondary N) is 1. The average Bonchev–Trinajstić information content (AvgIpc) is 3.51. The summed E-state index contributed by atoms with van der Waals surface area (Å²) in [4.78, 5) is 27.0. The number of benzene rings is 2. The van der Waals surface area contributed by atoms with E-state index in [2.05, 4.69) is 62.6 Å². The van der Waals surface area contributed by atoms with Gasteiger partial charge in [-0.2, -0.15) is 0 Å². The predicted octanol–water partition coefficient (Wildman–Crippen LogP) is 4.72. The van der Waals surface area contributed by atoms with Crippen molar-refractivity contribution in [3.63, 3.8) is 0 Å². The van der Waals surface area contributed by atoms with Crippen molar-refractivity contribution in [1.82, 2.24) is 30.0 Å². The molecular formula is C30H34N6O3. The first-order valence-corrected chi connectivity index (χ1v) is 14.0. The van der Waals surface area contributed by atoms with E-state index in [1.807, 2.05) is 29.8 Å². The summed E-state index contributed by atoms with van der Waals surface area (Å²) >= 11 is 0. The van der Waals surface area contributed by atoms with Crippen LogP contribution in [0.15, 0.2) is 53.3 Å². The normalized spacial score (nSPS) is 17.5. The van der Waals surface area contributed by atoms with Gasteiger partial charge in [0.15, 0.2) is 5.82 Å². The second-order valence-electron chi connectivity index (χ2n) is 10.7. The van der Waals surface area contributed by atoms with E-state index >= 15 is 0 Å². The van der Waals surface area contributed by atoms with Gasteiger partial charge in [-0.3, -0.25) is 14.3 Å². The van der Waals surface area contributed by atoms with Crippen LogP contribution in [0, 0.1) is 5.41 Å². The Morgan fingerprint density at radius 3 is 2.54 bits per heavy atom. The molecule has 3 heterocycles. The van der Waals surface area contributed by atoms with Gasteiger partial charge in [0, 0.05) is 29.8 Å². The number of aromatic nitrogens is 6. The number of nitrogens with zero attached hydrogens (tertiary/aromatic N) is 5. The number of hydrogen-bond donors (Lipinski definition) is 1. The molecule has 1 aliphatic heterocycles. The lowest BCUT2D eigenvalue weighted by molar-refractivity contribution is -0.152. The first kappa shape index (κ1) is 25.3. The molecule has 9 nitrogen and oxygen atoms in total. The zero-order valence-corrected chi connectivity index (χ0v) is 22.5. The number of esters is 1. The van der Waals surface area contributed by atoms with Crippen molar-refractivity contribution in [1.29, 1.82) is 0 Å². The topological polar surface area (TPSA) is 108 Å². The molecule has 0 saturated heterocycles. The minimum absolute atomic E-state index is 0.0472.